The van der Waals surface area contributed by atoms with Crippen molar-refractivity contribution in [3.8, 4) is 0 Å². The molecule has 9 rings (SSSR count). The molecule has 6 heterocycles. The van der Waals surface area contributed by atoms with Gasteiger partial charge in [0, 0.05) is 61.9 Å². The molecule has 3 aromatic carbocycles. The van der Waals surface area contributed by atoms with Crippen molar-refractivity contribution in [2.75, 3.05) is 58.1 Å². The van der Waals surface area contributed by atoms with Gasteiger partial charge in [-0.1, -0.05) is 24.3 Å². The average Bonchev–Trinajstić information content (AvgIpc) is 3.85. The van der Waals surface area contributed by atoms with Crippen LogP contribution in [0.15, 0.2) is 87.0 Å². The molecule has 0 radical (unpaired) electrons. The summed E-state index contributed by atoms with van der Waals surface area (Å²) in [6.45, 7) is 2.82. The van der Waals surface area contributed by atoms with E-state index in [0.29, 0.717) is 101 Å². The number of anilines is 6. The van der Waals surface area contributed by atoms with E-state index in [-0.39, 0.29) is 16.9 Å². The largest absolute Gasteiger partial charge is 0.423 e. The van der Waals surface area contributed by atoms with Gasteiger partial charge in [-0.25, -0.2) is 18.7 Å². The number of fused-ring (bicyclic) bond motifs is 3. The number of rotatable bonds is 6. The third kappa shape index (κ3) is 7.18. The second-order valence-electron chi connectivity index (χ2n) is 12.1. The zero-order chi connectivity index (χ0) is 35.8. The van der Waals surface area contributed by atoms with Crippen LogP contribution in [0.25, 0.3) is 11.1 Å². The third-order valence-corrected chi connectivity index (χ3v) is 11.7. The highest BCUT2D eigenvalue weighted by Gasteiger charge is 2.30. The highest BCUT2D eigenvalue weighted by atomic mass is 35.5. The number of para-hydroxylation sites is 2. The average molecular weight is 762 g/mol. The summed E-state index contributed by atoms with van der Waals surface area (Å²) in [7, 11) is -2.31. The summed E-state index contributed by atoms with van der Waals surface area (Å²) in [5.41, 5.74) is 4.19. The summed E-state index contributed by atoms with van der Waals surface area (Å²) in [6, 6.07) is 20.5. The molecule has 2 unspecified atom stereocenters. The number of nitrogens with one attached hydrogen (secondary N) is 2. The summed E-state index contributed by atoms with van der Waals surface area (Å²) in [5, 5.41) is 6.20. The molecule has 266 valence electrons. The zero-order valence-electron chi connectivity index (χ0n) is 27.4. The summed E-state index contributed by atoms with van der Waals surface area (Å²) in [4.78, 5) is 27.6. The van der Waals surface area contributed by atoms with Gasteiger partial charge in [0.2, 0.25) is 11.2 Å². The van der Waals surface area contributed by atoms with Crippen LogP contribution < -0.4 is 20.4 Å². The monoisotopic (exact) mass is 761 g/mol. The Bertz CT molecular complexity index is 2320. The van der Waals surface area contributed by atoms with Crippen LogP contribution in [0.5, 0.6) is 0 Å². The molecule has 3 aromatic heterocycles. The molecule has 12 nitrogen and oxygen atoms in total. The van der Waals surface area contributed by atoms with Gasteiger partial charge in [0.25, 0.3) is 6.01 Å². The summed E-state index contributed by atoms with van der Waals surface area (Å²) < 4.78 is 57.2. The Morgan fingerprint density at radius 2 is 1.25 bits per heavy atom. The van der Waals surface area contributed by atoms with Gasteiger partial charge in [-0.15, -0.1) is 0 Å². The van der Waals surface area contributed by atoms with E-state index in [9.17, 15) is 17.2 Å². The molecular formula is C35H30ClF2N9O3S2. The van der Waals surface area contributed by atoms with Gasteiger partial charge >= 0.3 is 0 Å². The van der Waals surface area contributed by atoms with Crippen LogP contribution in [-0.4, -0.2) is 71.0 Å². The maximum absolute atomic E-state index is 13.7. The molecule has 0 amide bonds. The normalized spacial score (nSPS) is 17.8. The van der Waals surface area contributed by atoms with Crippen molar-refractivity contribution in [1.29, 1.82) is 0 Å². The number of piperazine rings is 1. The lowest BCUT2D eigenvalue weighted by Crippen LogP contribution is -2.47. The number of hydrogen-bond donors (Lipinski definition) is 2. The highest BCUT2D eigenvalue weighted by Crippen LogP contribution is 2.33. The van der Waals surface area contributed by atoms with Gasteiger partial charge in [-0.3, -0.25) is 8.42 Å². The van der Waals surface area contributed by atoms with Crippen molar-refractivity contribution in [3.63, 3.8) is 0 Å². The molecule has 0 bridgehead atoms. The summed E-state index contributed by atoms with van der Waals surface area (Å²) >= 11 is 5.84. The van der Waals surface area contributed by atoms with Crippen LogP contribution in [0.4, 0.5) is 43.8 Å². The fourth-order valence-corrected chi connectivity index (χ4v) is 8.96. The van der Waals surface area contributed by atoms with Crippen LogP contribution in [0.1, 0.15) is 11.4 Å². The van der Waals surface area contributed by atoms with Crippen LogP contribution in [0.2, 0.25) is 5.28 Å². The van der Waals surface area contributed by atoms with E-state index in [0.717, 1.165) is 16.8 Å². The number of oxazole rings is 1. The molecular weight excluding hydrogens is 732 g/mol. The minimum atomic E-state index is -1.17. The van der Waals surface area contributed by atoms with Crippen molar-refractivity contribution in [2.45, 2.75) is 22.6 Å². The van der Waals surface area contributed by atoms with Gasteiger partial charge in [0.15, 0.2) is 17.2 Å². The first kappa shape index (κ1) is 34.0. The Hall–Kier alpha value is -5.06. The van der Waals surface area contributed by atoms with E-state index in [2.05, 4.69) is 35.4 Å². The van der Waals surface area contributed by atoms with E-state index in [1.807, 2.05) is 24.3 Å². The van der Waals surface area contributed by atoms with Crippen LogP contribution >= 0.6 is 11.6 Å². The van der Waals surface area contributed by atoms with Crippen LogP contribution in [0.3, 0.4) is 0 Å². The molecule has 2 N–H and O–H groups in total. The minimum absolute atomic E-state index is 0.0940. The molecule has 0 saturated carbocycles. The predicted octanol–water partition coefficient (Wildman–Crippen LogP) is 6.17. The van der Waals surface area contributed by atoms with Crippen molar-refractivity contribution in [1.82, 2.24) is 24.9 Å². The Labute approximate surface area is 306 Å². The Balaban J connectivity index is 0.000000173. The first-order chi connectivity index (χ1) is 25.3. The quantitative estimate of drug-likeness (QED) is 0.188. The SMILES string of the molecule is O=S1CCc2nc(Cl)nc(Nc3cccc(F)c3)c21.O=S1CCc2nc(N3CCN(c4nc5ccccc5o4)CC3)nc(Nc3cccc(F)c3)c21. The van der Waals surface area contributed by atoms with Gasteiger partial charge in [-0.05, 0) is 60.1 Å². The number of benzene rings is 3. The molecule has 3 aliphatic heterocycles. The second-order valence-corrected chi connectivity index (χ2v) is 15.4. The van der Waals surface area contributed by atoms with Crippen molar-refractivity contribution >= 4 is 79.3 Å². The number of hydrogen-bond acceptors (Lipinski definition) is 12. The van der Waals surface area contributed by atoms with Gasteiger partial charge in [0.1, 0.15) is 26.9 Å². The van der Waals surface area contributed by atoms with E-state index in [1.165, 1.54) is 24.3 Å². The molecule has 1 fully saturated rings. The minimum Gasteiger partial charge on any atom is -0.423 e. The fourth-order valence-electron chi connectivity index (χ4n) is 6.16. The van der Waals surface area contributed by atoms with Gasteiger partial charge in [0.05, 0.1) is 33.0 Å². The molecule has 0 spiro atoms. The predicted molar refractivity (Wildman–Crippen MR) is 197 cm³/mol. The van der Waals surface area contributed by atoms with Crippen LogP contribution in [-0.2, 0) is 34.4 Å². The molecule has 17 heteroatoms. The van der Waals surface area contributed by atoms with E-state index >= 15 is 0 Å². The molecule has 1 saturated heterocycles. The van der Waals surface area contributed by atoms with Gasteiger partial charge < -0.3 is 24.9 Å². The number of nitrogens with zero attached hydrogens (tertiary/aromatic N) is 7. The van der Waals surface area contributed by atoms with Crippen molar-refractivity contribution in [2.24, 2.45) is 0 Å². The maximum Gasteiger partial charge on any atom is 0.298 e. The standard InChI is InChI=1S/C23H21FN6O2S.C12H9ClFN3OS/c24-15-4-3-5-16(14-15)25-21-20-18(8-13-33(20)31)26-22(28-21)29-9-11-30(12-10-29)23-27-17-6-1-2-7-19(17)32-23;13-12-16-9-4-5-19(18)10(9)11(17-12)15-8-3-1-2-7(14)6-8/h1-7,14H,8-13H2,(H,25,26,28);1-3,6H,4-5H2,(H,15,16,17). The molecule has 0 aliphatic carbocycles. The van der Waals surface area contributed by atoms with E-state index in [1.54, 1.807) is 24.3 Å². The Morgan fingerprint density at radius 1 is 0.673 bits per heavy atom. The molecule has 52 heavy (non-hydrogen) atoms. The third-order valence-electron chi connectivity index (χ3n) is 8.63. The first-order valence-corrected chi connectivity index (χ1v) is 19.4. The van der Waals surface area contributed by atoms with Crippen LogP contribution in [0, 0.1) is 11.6 Å². The van der Waals surface area contributed by atoms with E-state index in [4.69, 9.17) is 26.0 Å². The summed E-state index contributed by atoms with van der Waals surface area (Å²) in [5.74, 6) is 1.79. The number of aryl methyl sites for hydroxylation is 2. The smallest absolute Gasteiger partial charge is 0.298 e. The fraction of sp³-hybridized carbons (Fsp3) is 0.229. The van der Waals surface area contributed by atoms with E-state index < -0.39 is 21.6 Å². The lowest BCUT2D eigenvalue weighted by molar-refractivity contribution is 0.538. The maximum atomic E-state index is 13.7. The first-order valence-electron chi connectivity index (χ1n) is 16.4. The van der Waals surface area contributed by atoms with Crippen molar-refractivity contribution < 1.29 is 21.6 Å². The molecule has 3 aliphatic rings. The lowest BCUT2D eigenvalue weighted by atomic mass is 10.3. The Kier molecular flexibility index (Phi) is 9.51. The molecule has 6 aromatic rings. The topological polar surface area (TPSA) is 142 Å². The second kappa shape index (κ2) is 14.5. The number of halogens is 3. The van der Waals surface area contributed by atoms with Crippen molar-refractivity contribution in [3.05, 3.63) is 101 Å². The highest BCUT2D eigenvalue weighted by molar-refractivity contribution is 7.85. The number of aromatic nitrogens is 5. The van der Waals surface area contributed by atoms with Gasteiger partial charge in [-0.2, -0.15) is 15.0 Å². The summed E-state index contributed by atoms with van der Waals surface area (Å²) in [6.07, 6.45) is 1.25. The zero-order valence-corrected chi connectivity index (χ0v) is 29.8. The molecule has 2 atom stereocenters. The lowest BCUT2D eigenvalue weighted by Gasteiger charge is -2.34. The Morgan fingerprint density at radius 3 is 1.87 bits per heavy atom.